The molecule has 1 saturated heterocycles. The number of piperazine rings is 1. The van der Waals surface area contributed by atoms with Crippen LogP contribution in [0.1, 0.15) is 37.8 Å². The number of carbonyl (C=O) groups excluding carboxylic acids is 1. The Morgan fingerprint density at radius 3 is 2.59 bits per heavy atom. The van der Waals surface area contributed by atoms with Crippen LogP contribution in [0.3, 0.4) is 0 Å². The van der Waals surface area contributed by atoms with Gasteiger partial charge in [0.15, 0.2) is 15.5 Å². The number of hydrogen-bond donors (Lipinski definition) is 1. The Morgan fingerprint density at radius 1 is 1.18 bits per heavy atom. The summed E-state index contributed by atoms with van der Waals surface area (Å²) in [7, 11) is -3.85. The predicted molar refractivity (Wildman–Crippen MR) is 164 cm³/mol. The predicted octanol–water partition coefficient (Wildman–Crippen LogP) is 2.85. The molecule has 0 aromatic carbocycles. The molecule has 1 atom stereocenters. The number of hydrogen-bond acceptors (Lipinski definition) is 10. The molecule has 0 spiro atoms. The lowest BCUT2D eigenvalue weighted by molar-refractivity contribution is -0.126. The molecule has 1 aliphatic carbocycles. The fourth-order valence-electron chi connectivity index (χ4n) is 5.89. The van der Waals surface area contributed by atoms with Crippen molar-refractivity contribution in [3.05, 3.63) is 71.4 Å². The highest BCUT2D eigenvalue weighted by Crippen LogP contribution is 2.41. The Labute approximate surface area is 253 Å². The average molecular weight is 619 g/mol. The first-order valence-corrected chi connectivity index (χ1v) is 16.1. The molecule has 4 aromatic heterocycles. The molecule has 0 radical (unpaired) electrons. The van der Waals surface area contributed by atoms with Crippen molar-refractivity contribution in [2.45, 2.75) is 43.0 Å². The lowest BCUT2D eigenvalue weighted by Gasteiger charge is -2.40. The van der Waals surface area contributed by atoms with Crippen molar-refractivity contribution in [1.82, 2.24) is 29.4 Å². The van der Waals surface area contributed by atoms with Gasteiger partial charge in [-0.25, -0.2) is 27.2 Å². The molecule has 4 aromatic rings. The first kappa shape index (κ1) is 29.4. The second-order valence-electron chi connectivity index (χ2n) is 11.2. The largest absolute Gasteiger partial charge is 0.397 e. The average Bonchev–Trinajstić information content (AvgIpc) is 2.95. The number of pyridine rings is 3. The summed E-state index contributed by atoms with van der Waals surface area (Å²) >= 11 is 0. The van der Waals surface area contributed by atoms with Gasteiger partial charge in [0.25, 0.3) is 0 Å². The molecule has 1 saturated carbocycles. The van der Waals surface area contributed by atoms with Crippen LogP contribution in [0.5, 0.6) is 0 Å². The van der Waals surface area contributed by atoms with Crippen molar-refractivity contribution in [3.8, 4) is 16.9 Å². The minimum absolute atomic E-state index is 0.00267. The molecule has 44 heavy (non-hydrogen) atoms. The highest BCUT2D eigenvalue weighted by Gasteiger charge is 2.33. The third-order valence-electron chi connectivity index (χ3n) is 8.32. The number of sulfone groups is 1. The van der Waals surface area contributed by atoms with Crippen LogP contribution in [0.15, 0.2) is 59.1 Å². The van der Waals surface area contributed by atoms with Gasteiger partial charge in [-0.3, -0.25) is 14.8 Å². The quantitative estimate of drug-likeness (QED) is 0.319. The van der Waals surface area contributed by atoms with E-state index in [1.165, 1.54) is 42.9 Å². The van der Waals surface area contributed by atoms with Gasteiger partial charge in [-0.1, -0.05) is 13.0 Å². The molecule has 228 valence electrons. The highest BCUT2D eigenvalue weighted by molar-refractivity contribution is 7.90. The van der Waals surface area contributed by atoms with Crippen molar-refractivity contribution in [1.29, 1.82) is 0 Å². The molecule has 12 nitrogen and oxygen atoms in total. The number of anilines is 2. The monoisotopic (exact) mass is 618 g/mol. The van der Waals surface area contributed by atoms with Crippen LogP contribution in [0, 0.1) is 5.82 Å². The molecule has 2 aliphatic rings. The minimum atomic E-state index is -3.85. The first-order valence-electron chi connectivity index (χ1n) is 14.2. The fourth-order valence-corrected chi connectivity index (χ4v) is 6.75. The van der Waals surface area contributed by atoms with Gasteiger partial charge in [0.1, 0.15) is 17.3 Å². The maximum absolute atomic E-state index is 16.0. The summed E-state index contributed by atoms with van der Waals surface area (Å²) in [5.74, 6) is -0.828. The van der Waals surface area contributed by atoms with Crippen LogP contribution >= 0.6 is 0 Å². The zero-order chi connectivity index (χ0) is 31.3. The lowest BCUT2D eigenvalue weighted by Crippen LogP contribution is -2.54. The summed E-state index contributed by atoms with van der Waals surface area (Å²) < 4.78 is 43.3. The number of rotatable bonds is 6. The molecular formula is C30H31FN8O4S. The van der Waals surface area contributed by atoms with Crippen molar-refractivity contribution in [2.75, 3.05) is 36.5 Å². The Bertz CT molecular complexity index is 1990. The van der Waals surface area contributed by atoms with Crippen molar-refractivity contribution >= 4 is 38.3 Å². The van der Waals surface area contributed by atoms with E-state index in [2.05, 4.69) is 26.5 Å². The molecule has 0 unspecified atom stereocenters. The SMILES string of the molecule is C=CC(=O)N1CCN(c2nc(=O)n(-c3c(S(C)(=O)=O)ccnc3C3CCC3)c3nc(-c4ccncc4N)c(F)cc23)[C@@H](C)C1. The van der Waals surface area contributed by atoms with E-state index in [1.807, 2.05) is 11.8 Å². The van der Waals surface area contributed by atoms with Gasteiger partial charge in [0.2, 0.25) is 5.91 Å². The highest BCUT2D eigenvalue weighted by atomic mass is 32.2. The third kappa shape index (κ3) is 4.98. The molecule has 1 aliphatic heterocycles. The van der Waals surface area contributed by atoms with Crippen molar-refractivity contribution < 1.29 is 17.6 Å². The number of nitrogens with zero attached hydrogens (tertiary/aromatic N) is 7. The molecule has 1 amide bonds. The van der Waals surface area contributed by atoms with Gasteiger partial charge in [-0.15, -0.1) is 0 Å². The molecule has 6 rings (SSSR count). The summed E-state index contributed by atoms with van der Waals surface area (Å²) in [4.78, 5) is 47.4. The Morgan fingerprint density at radius 2 is 1.95 bits per heavy atom. The van der Waals surface area contributed by atoms with Crippen LogP contribution in [-0.4, -0.2) is 75.7 Å². The maximum Gasteiger partial charge on any atom is 0.355 e. The molecule has 5 heterocycles. The number of halogens is 1. The summed E-state index contributed by atoms with van der Waals surface area (Å²) in [5.41, 5.74) is 6.16. The lowest BCUT2D eigenvalue weighted by atomic mass is 9.82. The fraction of sp³-hybridized carbons (Fsp3) is 0.333. The first-order chi connectivity index (χ1) is 21.0. The van der Waals surface area contributed by atoms with Crippen LogP contribution in [0.25, 0.3) is 28.0 Å². The third-order valence-corrected chi connectivity index (χ3v) is 9.45. The van der Waals surface area contributed by atoms with E-state index >= 15 is 4.39 Å². The molecular weight excluding hydrogens is 587 g/mol. The topological polar surface area (TPSA) is 157 Å². The zero-order valence-corrected chi connectivity index (χ0v) is 25.1. The van der Waals surface area contributed by atoms with Crippen molar-refractivity contribution in [3.63, 3.8) is 0 Å². The second kappa shape index (κ2) is 11.1. The summed E-state index contributed by atoms with van der Waals surface area (Å²) in [6.45, 7) is 6.39. The van der Waals surface area contributed by atoms with Gasteiger partial charge in [0.05, 0.1) is 33.5 Å². The maximum atomic E-state index is 16.0. The van der Waals surface area contributed by atoms with Crippen LogP contribution in [0.4, 0.5) is 15.9 Å². The van der Waals surface area contributed by atoms with Gasteiger partial charge < -0.3 is 15.5 Å². The number of amides is 1. The number of fused-ring (bicyclic) bond motifs is 1. The normalized spacial score (nSPS) is 17.5. The van der Waals surface area contributed by atoms with E-state index in [-0.39, 0.29) is 62.2 Å². The molecule has 2 N–H and O–H groups in total. The smallest absolute Gasteiger partial charge is 0.355 e. The Hall–Kier alpha value is -4.72. The van der Waals surface area contributed by atoms with Gasteiger partial charge in [-0.2, -0.15) is 4.98 Å². The number of nitrogen functional groups attached to an aromatic ring is 1. The van der Waals surface area contributed by atoms with E-state index in [4.69, 9.17) is 5.73 Å². The molecule has 14 heteroatoms. The number of aromatic nitrogens is 5. The van der Waals surface area contributed by atoms with E-state index < -0.39 is 21.3 Å². The molecule has 0 bridgehead atoms. The van der Waals surface area contributed by atoms with Crippen molar-refractivity contribution in [2.24, 2.45) is 0 Å². The number of carbonyl (C=O) groups is 1. The second-order valence-corrected chi connectivity index (χ2v) is 13.2. The summed E-state index contributed by atoms with van der Waals surface area (Å²) in [6.07, 6.45) is 9.04. The molecule has 2 fully saturated rings. The van der Waals surface area contributed by atoms with Crippen LogP contribution in [0.2, 0.25) is 0 Å². The van der Waals surface area contributed by atoms with Crippen LogP contribution in [-0.2, 0) is 14.6 Å². The Balaban J connectivity index is 1.67. The van der Waals surface area contributed by atoms with E-state index in [0.717, 1.165) is 30.1 Å². The zero-order valence-electron chi connectivity index (χ0n) is 24.3. The summed E-state index contributed by atoms with van der Waals surface area (Å²) in [6, 6.07) is 3.81. The van der Waals surface area contributed by atoms with Gasteiger partial charge in [0, 0.05) is 55.8 Å². The van der Waals surface area contributed by atoms with E-state index in [0.29, 0.717) is 25.3 Å². The van der Waals surface area contributed by atoms with Gasteiger partial charge >= 0.3 is 5.69 Å². The van der Waals surface area contributed by atoms with E-state index in [9.17, 15) is 18.0 Å². The van der Waals surface area contributed by atoms with Crippen LogP contribution < -0.4 is 16.3 Å². The number of nitrogens with two attached hydrogens (primary N) is 1. The standard InChI is InChI=1S/C30H31FN8O4S/c1-4-24(40)37-12-13-38(17(2)16-37)28-20-14-21(31)26(19-8-10-33-15-22(19)32)35-29(20)39(30(41)36-28)27-23(44(3,42)43)9-11-34-25(27)18-6-5-7-18/h4,8-11,14-15,17-18H,1,5-7,12-13,16,32H2,2-3H3/t17-/m0/s1. The van der Waals surface area contributed by atoms with E-state index in [1.54, 1.807) is 4.90 Å². The Kier molecular flexibility index (Phi) is 7.40. The summed E-state index contributed by atoms with van der Waals surface area (Å²) in [5, 5.41) is 0.191. The van der Waals surface area contributed by atoms with Gasteiger partial charge in [-0.05, 0) is 44.0 Å². The minimum Gasteiger partial charge on any atom is -0.397 e.